The molecule has 5 heteroatoms. The molecular weight excluding hydrogens is 459 g/mol. The normalized spacial score (nSPS) is 20.9. The van der Waals surface area contributed by atoms with E-state index >= 15 is 0 Å². The van der Waals surface area contributed by atoms with Gasteiger partial charge in [0.05, 0.1) is 0 Å². The van der Waals surface area contributed by atoms with Gasteiger partial charge in [0.25, 0.3) is 0 Å². The molecule has 2 aliphatic carbocycles. The van der Waals surface area contributed by atoms with Crippen LogP contribution >= 0.6 is 0 Å². The van der Waals surface area contributed by atoms with Crippen LogP contribution in [0.15, 0.2) is 60.2 Å². The number of hydrogen-bond donors (Lipinski definition) is 0. The molecule has 0 amide bonds. The summed E-state index contributed by atoms with van der Waals surface area (Å²) in [6.07, 6.45) is 7.11. The molecule has 2 atom stereocenters. The van der Waals surface area contributed by atoms with Crippen LogP contribution in [0, 0.1) is 0 Å². The average molecular weight is 486 g/mol. The van der Waals surface area contributed by atoms with Crippen molar-refractivity contribution in [1.29, 1.82) is 0 Å². The molecule has 0 N–H and O–H groups in total. The van der Waals surface area contributed by atoms with Gasteiger partial charge in [-0.3, -0.25) is 0 Å². The molecule has 28 heavy (non-hydrogen) atoms. The van der Waals surface area contributed by atoms with E-state index in [9.17, 15) is 0 Å². The van der Waals surface area contributed by atoms with E-state index < -0.39 is 8.07 Å². The second kappa shape index (κ2) is 10.8. The van der Waals surface area contributed by atoms with Gasteiger partial charge < -0.3 is 37.2 Å². The summed E-state index contributed by atoms with van der Waals surface area (Å²) in [5, 5.41) is 3.40. The van der Waals surface area contributed by atoms with Crippen LogP contribution in [0.2, 0.25) is 12.1 Å². The summed E-state index contributed by atoms with van der Waals surface area (Å²) >= 11 is 2.40. The Kier molecular flexibility index (Phi) is 10.1. The van der Waals surface area contributed by atoms with Gasteiger partial charge >= 0.3 is 166 Å². The van der Waals surface area contributed by atoms with Crippen LogP contribution < -0.4 is 42.4 Å². The second-order valence-electron chi connectivity index (χ2n) is 7.98. The molecule has 0 heterocycles. The van der Waals surface area contributed by atoms with Crippen LogP contribution in [0.25, 0.3) is 5.20 Å². The molecule has 0 spiro atoms. The third-order valence-corrected chi connectivity index (χ3v) is 13.3. The molecule has 0 saturated heterocycles. The Morgan fingerprint density at radius 3 is 2.04 bits per heavy atom. The van der Waals surface area contributed by atoms with Crippen LogP contribution in [-0.4, -0.2) is 8.07 Å². The molecule has 1 saturated carbocycles. The van der Waals surface area contributed by atoms with Crippen LogP contribution in [0.1, 0.15) is 54.4 Å². The van der Waals surface area contributed by atoms with Crippen molar-refractivity contribution in [3.8, 4) is 0 Å². The zero-order valence-corrected chi connectivity index (χ0v) is 21.3. The third kappa shape index (κ3) is 4.36. The Labute approximate surface area is 201 Å². The monoisotopic (exact) mass is 484 g/mol. The Morgan fingerprint density at radius 1 is 0.821 bits per heavy atom. The van der Waals surface area contributed by atoms with E-state index in [-0.39, 0.29) is 37.2 Å². The summed E-state index contributed by atoms with van der Waals surface area (Å²) in [5.41, 5.74) is 5.65. The number of hydrogen-bond acceptors (Lipinski definition) is 0. The fraction of sp³-hybridized carbons (Fsp3) is 0.391. The minimum atomic E-state index is -1.77. The van der Waals surface area contributed by atoms with Crippen molar-refractivity contribution < 1.29 is 57.7 Å². The van der Waals surface area contributed by atoms with Crippen LogP contribution in [0.5, 0.6) is 0 Å². The molecule has 2 aromatic carbocycles. The quantitative estimate of drug-likeness (QED) is 0.405. The first-order chi connectivity index (χ1) is 12.1. The van der Waals surface area contributed by atoms with Gasteiger partial charge in [-0.05, 0) is 0 Å². The predicted octanol–water partition coefficient (Wildman–Crippen LogP) is -3.07. The summed E-state index contributed by atoms with van der Waals surface area (Å²) in [6.45, 7) is 5.09. The molecular formula is C23H27Cl3SiTi. The van der Waals surface area contributed by atoms with Gasteiger partial charge in [-0.15, -0.1) is 0 Å². The topological polar surface area (TPSA) is 0 Å². The number of benzene rings is 2. The molecule has 148 valence electrons. The van der Waals surface area contributed by atoms with Gasteiger partial charge in [0.15, 0.2) is 0 Å². The Hall–Kier alpha value is -0.0188. The van der Waals surface area contributed by atoms with E-state index in [1.807, 2.05) is 0 Å². The molecule has 1 fully saturated rings. The molecule has 2 aromatic rings. The van der Waals surface area contributed by atoms with Gasteiger partial charge in [-0.25, -0.2) is 0 Å². The standard InChI is InChI=1S/C23H27Si.3ClH.Ti/c1-18-17-19-11-9-10-16-22(19)23(18)24(2,20-12-5-3-6-13-20)21-14-7-4-8-15-21;;;;/h3,5-6,9-13,16-17,21H,4,7-8,14-15H2,1-2H3;3*1H;/q;;;;+3/p-3. The first-order valence-electron chi connectivity index (χ1n) is 9.71. The van der Waals surface area contributed by atoms with E-state index in [0.717, 1.165) is 5.54 Å². The number of fused-ring (bicyclic) bond motifs is 1. The van der Waals surface area contributed by atoms with Gasteiger partial charge in [0.1, 0.15) is 0 Å². The Balaban J connectivity index is 0.00000131. The van der Waals surface area contributed by atoms with Gasteiger partial charge in [-0.2, -0.15) is 0 Å². The summed E-state index contributed by atoms with van der Waals surface area (Å²) in [6, 6.07) is 20.7. The van der Waals surface area contributed by atoms with Gasteiger partial charge in [0, 0.05) is 0 Å². The zero-order chi connectivity index (χ0) is 17.4. The molecule has 4 rings (SSSR count). The molecule has 0 aromatic heterocycles. The maximum absolute atomic E-state index is 2.67. The SMILES string of the molecule is CC1=C([Si](C)(c2ccccc2)C2CCCCC2)c2ccccc2[CH]1[Ti+3].[Cl-].[Cl-].[Cl-]. The predicted molar refractivity (Wildman–Crippen MR) is 106 cm³/mol. The second-order valence-corrected chi connectivity index (χ2v) is 13.2. The minimum absolute atomic E-state index is 0. The summed E-state index contributed by atoms with van der Waals surface area (Å²) in [4.78, 5) is 0. The van der Waals surface area contributed by atoms with E-state index in [4.69, 9.17) is 0 Å². The summed E-state index contributed by atoms with van der Waals surface area (Å²) in [5.74, 6) is 0. The van der Waals surface area contributed by atoms with Crippen molar-refractivity contribution in [2.24, 2.45) is 0 Å². The van der Waals surface area contributed by atoms with Crippen molar-refractivity contribution >= 4 is 18.5 Å². The van der Waals surface area contributed by atoms with Gasteiger partial charge in [0.2, 0.25) is 0 Å². The van der Waals surface area contributed by atoms with Crippen molar-refractivity contribution in [3.05, 3.63) is 71.3 Å². The number of allylic oxidation sites excluding steroid dienone is 1. The van der Waals surface area contributed by atoms with Crippen molar-refractivity contribution in [2.45, 2.75) is 55.3 Å². The molecule has 0 radical (unpaired) electrons. The first-order valence-corrected chi connectivity index (χ1v) is 13.2. The summed E-state index contributed by atoms with van der Waals surface area (Å²) < 4.78 is 0.574. The Morgan fingerprint density at radius 2 is 1.39 bits per heavy atom. The third-order valence-electron chi connectivity index (χ3n) is 6.68. The van der Waals surface area contributed by atoms with Crippen LogP contribution in [0.3, 0.4) is 0 Å². The van der Waals surface area contributed by atoms with Crippen molar-refractivity contribution in [3.63, 3.8) is 0 Å². The Bertz CT molecular complexity index is 803. The fourth-order valence-corrected chi connectivity index (χ4v) is 11.5. The molecule has 0 aliphatic heterocycles. The fourth-order valence-electron chi connectivity index (χ4n) is 5.30. The van der Waals surface area contributed by atoms with Gasteiger partial charge in [-0.1, -0.05) is 0 Å². The first kappa shape index (κ1) is 26.0. The van der Waals surface area contributed by atoms with Crippen molar-refractivity contribution in [2.75, 3.05) is 0 Å². The molecule has 2 unspecified atom stereocenters. The van der Waals surface area contributed by atoms with E-state index in [2.05, 4.69) is 88.5 Å². The minimum Gasteiger partial charge on any atom is -1.00 e. The van der Waals surface area contributed by atoms with Crippen molar-refractivity contribution in [1.82, 2.24) is 0 Å². The van der Waals surface area contributed by atoms with Crippen LogP contribution in [-0.2, 0) is 20.4 Å². The number of halogens is 3. The maximum Gasteiger partial charge on any atom is -1.00 e. The number of rotatable bonds is 3. The molecule has 0 nitrogen and oxygen atoms in total. The van der Waals surface area contributed by atoms with E-state index in [1.165, 1.54) is 32.1 Å². The molecule has 2 aliphatic rings. The zero-order valence-electron chi connectivity index (χ0n) is 16.5. The molecule has 0 bridgehead atoms. The average Bonchev–Trinajstić information content (AvgIpc) is 2.94. The maximum atomic E-state index is 2.67. The van der Waals surface area contributed by atoms with E-state index in [1.54, 1.807) is 27.1 Å². The smallest absolute Gasteiger partial charge is 1.00 e. The summed E-state index contributed by atoms with van der Waals surface area (Å²) in [7, 11) is -1.77. The van der Waals surface area contributed by atoms with E-state index in [0.29, 0.717) is 4.22 Å². The largest absolute Gasteiger partial charge is 1.00 e. The van der Waals surface area contributed by atoms with Crippen LogP contribution in [0.4, 0.5) is 0 Å².